The molecule has 0 atom stereocenters. The van der Waals surface area contributed by atoms with Crippen LogP contribution in [0.5, 0.6) is 0 Å². The Morgan fingerprint density at radius 2 is 1.72 bits per heavy atom. The van der Waals surface area contributed by atoms with Crippen LogP contribution >= 0.6 is 0 Å². The Kier molecular flexibility index (Phi) is 7.77. The first kappa shape index (κ1) is 27.8. The van der Waals surface area contributed by atoms with Crippen LogP contribution in [0.2, 0.25) is 0 Å². The average Bonchev–Trinajstić information content (AvgIpc) is 2.92. The predicted molar refractivity (Wildman–Crippen MR) is 142 cm³/mol. The van der Waals surface area contributed by atoms with Gasteiger partial charge in [0.2, 0.25) is 16.0 Å². The van der Waals surface area contributed by atoms with Crippen LogP contribution in [0.1, 0.15) is 21.7 Å². The maximum Gasteiger partial charge on any atom is 0.262 e. The molecular weight excluding hydrogens is 546 g/mol. The number of carbonyl (C=O) groups is 1. The molecule has 0 bridgehead atoms. The third-order valence-electron chi connectivity index (χ3n) is 5.95. The molecular formula is C23H25N9O5S2. The van der Waals surface area contributed by atoms with Crippen molar-refractivity contribution in [2.45, 2.75) is 11.9 Å². The summed E-state index contributed by atoms with van der Waals surface area (Å²) < 4.78 is 52.4. The molecule has 2 aromatic heterocycles. The monoisotopic (exact) mass is 571 g/mol. The fourth-order valence-corrected chi connectivity index (χ4v) is 5.65. The minimum absolute atomic E-state index is 0.00882. The number of aryl methyl sites for hydroxylation is 1. The van der Waals surface area contributed by atoms with Gasteiger partial charge in [-0.05, 0) is 37.3 Å². The number of hydrogen-bond donors (Lipinski definition) is 1. The van der Waals surface area contributed by atoms with Gasteiger partial charge in [-0.2, -0.15) is 9.57 Å². The molecule has 1 aromatic carbocycles. The summed E-state index contributed by atoms with van der Waals surface area (Å²) in [7, 11) is -6.25. The Balaban J connectivity index is 1.44. The van der Waals surface area contributed by atoms with Crippen LogP contribution in [0, 0.1) is 18.3 Å². The Morgan fingerprint density at radius 3 is 2.33 bits per heavy atom. The zero-order valence-corrected chi connectivity index (χ0v) is 22.9. The lowest BCUT2D eigenvalue weighted by Gasteiger charge is -2.33. The molecule has 204 valence electrons. The average molecular weight is 572 g/mol. The zero-order valence-electron chi connectivity index (χ0n) is 21.3. The molecule has 39 heavy (non-hydrogen) atoms. The van der Waals surface area contributed by atoms with E-state index in [1.165, 1.54) is 35.6 Å². The number of aromatic nitrogens is 4. The number of nitrogens with one attached hydrogen (secondary N) is 1. The number of amides is 1. The molecule has 1 aliphatic rings. The van der Waals surface area contributed by atoms with E-state index in [1.807, 2.05) is 11.0 Å². The molecule has 1 amide bonds. The topological polar surface area (TPSA) is 182 Å². The summed E-state index contributed by atoms with van der Waals surface area (Å²) in [5.41, 5.74) is 1.13. The fourth-order valence-electron chi connectivity index (χ4n) is 3.84. The third kappa shape index (κ3) is 6.11. The third-order valence-corrected chi connectivity index (χ3v) is 8.93. The highest BCUT2D eigenvalue weighted by molar-refractivity contribution is 7.92. The lowest BCUT2D eigenvalue weighted by molar-refractivity contribution is 0.102. The molecule has 0 radical (unpaired) electrons. The molecule has 0 spiro atoms. The van der Waals surface area contributed by atoms with Crippen molar-refractivity contribution in [3.8, 4) is 6.07 Å². The maximum atomic E-state index is 13.1. The van der Waals surface area contributed by atoms with E-state index < -0.39 is 26.0 Å². The van der Waals surface area contributed by atoms with Crippen molar-refractivity contribution in [3.05, 3.63) is 59.4 Å². The van der Waals surface area contributed by atoms with E-state index in [9.17, 15) is 21.6 Å². The van der Waals surface area contributed by atoms with Crippen LogP contribution in [-0.2, 0) is 20.0 Å². The molecule has 1 N–H and O–H groups in total. The van der Waals surface area contributed by atoms with Crippen molar-refractivity contribution < 1.29 is 21.6 Å². The number of anilines is 3. The van der Waals surface area contributed by atoms with Gasteiger partial charge in [-0.1, -0.05) is 12.1 Å². The first-order valence-electron chi connectivity index (χ1n) is 11.6. The van der Waals surface area contributed by atoms with E-state index in [4.69, 9.17) is 5.26 Å². The second-order valence-corrected chi connectivity index (χ2v) is 12.6. The van der Waals surface area contributed by atoms with Crippen LogP contribution in [0.3, 0.4) is 0 Å². The van der Waals surface area contributed by atoms with Gasteiger partial charge in [-0.3, -0.25) is 9.10 Å². The molecule has 0 saturated carbocycles. The molecule has 1 saturated heterocycles. The number of nitriles is 1. The van der Waals surface area contributed by atoms with Gasteiger partial charge in [0.25, 0.3) is 15.9 Å². The highest BCUT2D eigenvalue weighted by Crippen LogP contribution is 2.23. The van der Waals surface area contributed by atoms with Gasteiger partial charge >= 0.3 is 0 Å². The van der Waals surface area contributed by atoms with E-state index in [0.717, 1.165) is 10.6 Å². The van der Waals surface area contributed by atoms with Gasteiger partial charge in [0, 0.05) is 38.9 Å². The van der Waals surface area contributed by atoms with Crippen molar-refractivity contribution in [2.75, 3.05) is 54.0 Å². The van der Waals surface area contributed by atoms with E-state index in [0.29, 0.717) is 24.7 Å². The Labute approximate surface area is 226 Å². The molecule has 1 fully saturated rings. The molecule has 3 heterocycles. The maximum absolute atomic E-state index is 13.1. The first-order valence-corrected chi connectivity index (χ1v) is 14.9. The molecule has 1 aliphatic heterocycles. The van der Waals surface area contributed by atoms with Gasteiger partial charge in [0.05, 0.1) is 17.5 Å². The Hall–Kier alpha value is -4.20. The highest BCUT2D eigenvalue weighted by Gasteiger charge is 2.31. The van der Waals surface area contributed by atoms with Crippen molar-refractivity contribution in [1.82, 2.24) is 24.5 Å². The van der Waals surface area contributed by atoms with Crippen LogP contribution in [0.15, 0.2) is 47.5 Å². The number of nitrogens with zero attached hydrogens (tertiary/aromatic N) is 8. The Morgan fingerprint density at radius 1 is 1.03 bits per heavy atom. The fraction of sp³-hybridized carbons (Fsp3) is 0.304. The number of rotatable bonds is 7. The van der Waals surface area contributed by atoms with Gasteiger partial charge < -0.3 is 10.2 Å². The lowest BCUT2D eigenvalue weighted by atomic mass is 10.1. The summed E-state index contributed by atoms with van der Waals surface area (Å²) in [4.78, 5) is 23.2. The second-order valence-electron chi connectivity index (χ2n) is 8.66. The number of carbonyl (C=O) groups excluding carboxylic acids is 1. The Bertz CT molecular complexity index is 1650. The summed E-state index contributed by atoms with van der Waals surface area (Å²) in [6, 6.07) is 12.2. The summed E-state index contributed by atoms with van der Waals surface area (Å²) in [5.74, 6) is -0.279. The standard InChI is InChI=1S/C23H25N9O5S2/c1-16-14-17(15-24)26-23(25-16)31-10-12-32(13-11-31)39(36,37)21-9-8-20(28-29-21)27-22(33)18-6-4-5-7-19(18)30(2)38(3,34)35/h4-9,14H,10-13H2,1-3H3,(H,27,28,33). The molecule has 3 aromatic rings. The summed E-state index contributed by atoms with van der Waals surface area (Å²) >= 11 is 0. The van der Waals surface area contributed by atoms with Crippen LogP contribution in [0.25, 0.3) is 0 Å². The number of piperazine rings is 1. The van der Waals surface area contributed by atoms with Gasteiger partial charge in [0.15, 0.2) is 10.8 Å². The van der Waals surface area contributed by atoms with Crippen molar-refractivity contribution in [3.63, 3.8) is 0 Å². The number of benzene rings is 1. The van der Waals surface area contributed by atoms with E-state index in [-0.39, 0.29) is 40.9 Å². The highest BCUT2D eigenvalue weighted by atomic mass is 32.2. The number of sulfonamides is 2. The van der Waals surface area contributed by atoms with Crippen molar-refractivity contribution in [1.29, 1.82) is 5.26 Å². The van der Waals surface area contributed by atoms with Crippen molar-refractivity contribution >= 4 is 43.4 Å². The quantitative estimate of drug-likeness (QED) is 0.419. The number of para-hydroxylation sites is 1. The first-order chi connectivity index (χ1) is 18.4. The zero-order chi connectivity index (χ0) is 28.4. The van der Waals surface area contributed by atoms with E-state index in [1.54, 1.807) is 25.1 Å². The van der Waals surface area contributed by atoms with Gasteiger partial charge in [-0.25, -0.2) is 26.8 Å². The summed E-state index contributed by atoms with van der Waals surface area (Å²) in [6.07, 6.45) is 1.02. The summed E-state index contributed by atoms with van der Waals surface area (Å²) in [5, 5.41) is 19.0. The van der Waals surface area contributed by atoms with Crippen LogP contribution in [-0.4, -0.2) is 86.7 Å². The smallest absolute Gasteiger partial charge is 0.262 e. The normalized spacial score (nSPS) is 14.5. The minimum Gasteiger partial charge on any atom is -0.338 e. The largest absolute Gasteiger partial charge is 0.338 e. The second kappa shape index (κ2) is 10.9. The predicted octanol–water partition coefficient (Wildman–Crippen LogP) is 0.606. The molecule has 4 rings (SSSR count). The molecule has 16 heteroatoms. The molecule has 14 nitrogen and oxygen atoms in total. The molecule has 0 unspecified atom stereocenters. The summed E-state index contributed by atoms with van der Waals surface area (Å²) in [6.45, 7) is 2.68. The minimum atomic E-state index is -3.97. The van der Waals surface area contributed by atoms with Crippen LogP contribution in [0.4, 0.5) is 17.5 Å². The lowest BCUT2D eigenvalue weighted by Crippen LogP contribution is -2.49. The van der Waals surface area contributed by atoms with Gasteiger partial charge in [-0.15, -0.1) is 10.2 Å². The van der Waals surface area contributed by atoms with Crippen molar-refractivity contribution in [2.24, 2.45) is 0 Å². The number of hydrogen-bond acceptors (Lipinski definition) is 11. The SMILES string of the molecule is Cc1cc(C#N)nc(N2CCN(S(=O)(=O)c3ccc(NC(=O)c4ccccc4N(C)S(C)(=O)=O)nn3)CC2)n1. The van der Waals surface area contributed by atoms with Gasteiger partial charge in [0.1, 0.15) is 11.8 Å². The van der Waals surface area contributed by atoms with E-state index >= 15 is 0 Å². The van der Waals surface area contributed by atoms with Crippen LogP contribution < -0.4 is 14.5 Å². The molecule has 0 aliphatic carbocycles. The van der Waals surface area contributed by atoms with E-state index in [2.05, 4.69) is 25.5 Å².